The van der Waals surface area contributed by atoms with Crippen molar-refractivity contribution in [2.75, 3.05) is 19.5 Å². The van der Waals surface area contributed by atoms with Gasteiger partial charge in [-0.15, -0.1) is 11.3 Å². The molecule has 0 spiro atoms. The highest BCUT2D eigenvalue weighted by Crippen LogP contribution is 2.29. The van der Waals surface area contributed by atoms with Crippen molar-refractivity contribution in [3.63, 3.8) is 0 Å². The van der Waals surface area contributed by atoms with Gasteiger partial charge in [0.2, 0.25) is 5.91 Å². The molecule has 9 nitrogen and oxygen atoms in total. The number of thiophene rings is 1. The number of fused-ring (bicyclic) bond motifs is 1. The number of aromatic nitrogens is 2. The number of ether oxygens (including phenoxy) is 2. The molecule has 0 aliphatic carbocycles. The minimum Gasteiger partial charge on any atom is -0.497 e. The Morgan fingerprint density at radius 3 is 2.55 bits per heavy atom. The third-order valence-corrected chi connectivity index (χ3v) is 5.81. The number of amides is 1. The minimum absolute atomic E-state index is 0.0259. The molecule has 0 unspecified atom stereocenters. The Morgan fingerprint density at radius 1 is 1.12 bits per heavy atom. The normalized spacial score (nSPS) is 10.7. The van der Waals surface area contributed by atoms with E-state index in [2.05, 4.69) is 10.3 Å². The molecule has 0 fully saturated rings. The van der Waals surface area contributed by atoms with Crippen LogP contribution in [0.4, 0.5) is 5.69 Å². The fourth-order valence-corrected chi connectivity index (χ4v) is 4.27. The van der Waals surface area contributed by atoms with Crippen LogP contribution in [0.3, 0.4) is 0 Å². The maximum absolute atomic E-state index is 13.3. The van der Waals surface area contributed by atoms with Gasteiger partial charge < -0.3 is 19.9 Å². The first-order valence-corrected chi connectivity index (χ1v) is 10.6. The Balaban J connectivity index is 1.78. The number of aromatic carboxylic acids is 1. The zero-order chi connectivity index (χ0) is 23.5. The van der Waals surface area contributed by atoms with Gasteiger partial charge in [0.15, 0.2) is 0 Å². The number of carbonyl (C=O) groups is 2. The number of methoxy groups -OCH3 is 2. The van der Waals surface area contributed by atoms with Crippen molar-refractivity contribution >= 4 is 39.1 Å². The first-order chi connectivity index (χ1) is 15.9. The average molecular weight is 465 g/mol. The van der Waals surface area contributed by atoms with Crippen molar-refractivity contribution in [1.82, 2.24) is 9.55 Å². The Bertz CT molecular complexity index is 1410. The molecule has 33 heavy (non-hydrogen) atoms. The molecular weight excluding hydrogens is 446 g/mol. The fraction of sp³-hybridized carbons (Fsp3) is 0.130. The maximum atomic E-state index is 13.3. The molecular formula is C23H19N3O6S. The number of carboxylic acids is 1. The molecule has 0 saturated carbocycles. The smallest absolute Gasteiger partial charge is 0.337 e. The summed E-state index contributed by atoms with van der Waals surface area (Å²) in [7, 11) is 2.98. The monoisotopic (exact) mass is 465 g/mol. The molecule has 0 aliphatic rings. The van der Waals surface area contributed by atoms with Gasteiger partial charge in [-0.1, -0.05) is 30.3 Å². The summed E-state index contributed by atoms with van der Waals surface area (Å²) < 4.78 is 11.7. The van der Waals surface area contributed by atoms with Crippen LogP contribution < -0.4 is 20.3 Å². The summed E-state index contributed by atoms with van der Waals surface area (Å²) in [6, 6.07) is 13.8. The second-order valence-corrected chi connectivity index (χ2v) is 7.80. The second-order valence-electron chi connectivity index (χ2n) is 6.94. The number of carboxylic acid groups (broad SMARTS) is 1. The molecule has 0 radical (unpaired) electrons. The van der Waals surface area contributed by atoms with Gasteiger partial charge in [0, 0.05) is 17.0 Å². The van der Waals surface area contributed by atoms with Gasteiger partial charge in [0.05, 0.1) is 30.9 Å². The topological polar surface area (TPSA) is 120 Å². The van der Waals surface area contributed by atoms with Crippen LogP contribution in [-0.2, 0) is 11.3 Å². The summed E-state index contributed by atoms with van der Waals surface area (Å²) in [5.41, 5.74) is 0.275. The van der Waals surface area contributed by atoms with E-state index in [0.717, 1.165) is 11.3 Å². The second kappa shape index (κ2) is 9.13. The zero-order valence-electron chi connectivity index (χ0n) is 17.7. The summed E-state index contributed by atoms with van der Waals surface area (Å²) in [6.07, 6.45) is 0. The molecule has 2 aromatic heterocycles. The molecule has 168 valence electrons. The first kappa shape index (κ1) is 22.0. The Hall–Kier alpha value is -4.18. The highest BCUT2D eigenvalue weighted by atomic mass is 32.1. The van der Waals surface area contributed by atoms with E-state index < -0.39 is 17.4 Å². The number of benzene rings is 2. The third-order valence-electron chi connectivity index (χ3n) is 4.94. The molecule has 4 aromatic rings. The van der Waals surface area contributed by atoms with E-state index in [1.807, 2.05) is 6.07 Å². The lowest BCUT2D eigenvalue weighted by Crippen LogP contribution is -2.30. The van der Waals surface area contributed by atoms with E-state index in [9.17, 15) is 19.5 Å². The van der Waals surface area contributed by atoms with Crippen molar-refractivity contribution in [3.05, 3.63) is 69.8 Å². The lowest BCUT2D eigenvalue weighted by Gasteiger charge is -2.15. The van der Waals surface area contributed by atoms with Gasteiger partial charge in [-0.3, -0.25) is 14.2 Å². The van der Waals surface area contributed by atoms with Crippen molar-refractivity contribution in [3.8, 4) is 22.9 Å². The van der Waals surface area contributed by atoms with Crippen LogP contribution in [0.15, 0.2) is 58.7 Å². The van der Waals surface area contributed by atoms with E-state index in [0.29, 0.717) is 27.6 Å². The van der Waals surface area contributed by atoms with E-state index in [1.54, 1.807) is 42.5 Å². The molecule has 0 atom stereocenters. The van der Waals surface area contributed by atoms with Gasteiger partial charge in [-0.25, -0.2) is 9.78 Å². The van der Waals surface area contributed by atoms with E-state index in [1.165, 1.54) is 24.2 Å². The number of nitrogens with one attached hydrogen (secondary N) is 1. The Morgan fingerprint density at radius 2 is 1.88 bits per heavy atom. The van der Waals surface area contributed by atoms with Crippen LogP contribution in [0, 0.1) is 0 Å². The minimum atomic E-state index is -1.23. The van der Waals surface area contributed by atoms with Crippen molar-refractivity contribution < 1.29 is 24.2 Å². The SMILES string of the molecule is COc1ccc(NC(=O)Cn2c(-c3ccccc3)nc3scc(C(=O)O)c3c2=O)c(OC)c1. The van der Waals surface area contributed by atoms with Crippen LogP contribution in [0.1, 0.15) is 10.4 Å². The lowest BCUT2D eigenvalue weighted by atomic mass is 10.2. The van der Waals surface area contributed by atoms with Crippen molar-refractivity contribution in [1.29, 1.82) is 0 Å². The molecule has 4 rings (SSSR count). The molecule has 1 amide bonds. The van der Waals surface area contributed by atoms with Crippen LogP contribution in [0.5, 0.6) is 11.5 Å². The van der Waals surface area contributed by atoms with Gasteiger partial charge in [0.25, 0.3) is 5.56 Å². The van der Waals surface area contributed by atoms with Crippen molar-refractivity contribution in [2.45, 2.75) is 6.54 Å². The zero-order valence-corrected chi connectivity index (χ0v) is 18.5. The molecule has 0 aliphatic heterocycles. The molecule has 2 heterocycles. The standard InChI is InChI=1S/C23H19N3O6S/c1-31-14-8-9-16(17(10-14)32-2)24-18(27)11-26-20(13-6-4-3-5-7-13)25-21-19(22(26)28)15(12-33-21)23(29)30/h3-10,12H,11H2,1-2H3,(H,24,27)(H,29,30). The largest absolute Gasteiger partial charge is 0.497 e. The fourth-order valence-electron chi connectivity index (χ4n) is 3.37. The predicted octanol–water partition coefficient (Wildman–Crippen LogP) is 3.48. The average Bonchev–Trinajstić information content (AvgIpc) is 3.26. The van der Waals surface area contributed by atoms with Crippen LogP contribution in [0.25, 0.3) is 21.6 Å². The Labute approximate surface area is 191 Å². The summed E-state index contributed by atoms with van der Waals surface area (Å²) in [5.74, 6) is -0.528. The van der Waals surface area contributed by atoms with Crippen LogP contribution in [-0.4, -0.2) is 40.8 Å². The predicted molar refractivity (Wildman–Crippen MR) is 124 cm³/mol. The van der Waals surface area contributed by atoms with Crippen LogP contribution in [0.2, 0.25) is 0 Å². The van der Waals surface area contributed by atoms with Crippen molar-refractivity contribution in [2.24, 2.45) is 0 Å². The third kappa shape index (κ3) is 4.28. The lowest BCUT2D eigenvalue weighted by molar-refractivity contribution is -0.116. The number of nitrogens with zero attached hydrogens (tertiary/aromatic N) is 2. The summed E-state index contributed by atoms with van der Waals surface area (Å²) in [4.78, 5) is 42.7. The molecule has 0 saturated heterocycles. The number of hydrogen-bond donors (Lipinski definition) is 2. The quantitative estimate of drug-likeness (QED) is 0.429. The number of anilines is 1. The van der Waals surface area contributed by atoms with E-state index in [4.69, 9.17) is 9.47 Å². The number of carbonyl (C=O) groups excluding carboxylic acids is 1. The summed E-state index contributed by atoms with van der Waals surface area (Å²) in [6.45, 7) is -0.379. The maximum Gasteiger partial charge on any atom is 0.337 e. The first-order valence-electron chi connectivity index (χ1n) is 9.75. The molecule has 2 N–H and O–H groups in total. The molecule has 2 aromatic carbocycles. The van der Waals surface area contributed by atoms with Gasteiger partial charge in [-0.05, 0) is 12.1 Å². The van der Waals surface area contributed by atoms with Crippen LogP contribution >= 0.6 is 11.3 Å². The summed E-state index contributed by atoms with van der Waals surface area (Å²) in [5, 5.41) is 13.6. The van der Waals surface area contributed by atoms with Gasteiger partial charge >= 0.3 is 5.97 Å². The van der Waals surface area contributed by atoms with E-state index >= 15 is 0 Å². The van der Waals surface area contributed by atoms with Gasteiger partial charge in [0.1, 0.15) is 28.7 Å². The highest BCUT2D eigenvalue weighted by molar-refractivity contribution is 7.17. The summed E-state index contributed by atoms with van der Waals surface area (Å²) >= 11 is 1.07. The Kier molecular flexibility index (Phi) is 6.09. The van der Waals surface area contributed by atoms with Gasteiger partial charge in [-0.2, -0.15) is 0 Å². The van der Waals surface area contributed by atoms with E-state index in [-0.39, 0.29) is 23.3 Å². The molecule has 10 heteroatoms. The number of rotatable bonds is 7. The highest BCUT2D eigenvalue weighted by Gasteiger charge is 2.22. The molecule has 0 bridgehead atoms. The number of hydrogen-bond acceptors (Lipinski definition) is 7.